The summed E-state index contributed by atoms with van der Waals surface area (Å²) in [5, 5.41) is 3.00. The summed E-state index contributed by atoms with van der Waals surface area (Å²) in [6, 6.07) is 14.8. The molecular weight excluding hydrogens is 439 g/mol. The highest BCUT2D eigenvalue weighted by molar-refractivity contribution is 5.89. The molecule has 2 aromatic carbocycles. The fourth-order valence-electron chi connectivity index (χ4n) is 3.81. The summed E-state index contributed by atoms with van der Waals surface area (Å²) in [6.45, 7) is 7.40. The van der Waals surface area contributed by atoms with Gasteiger partial charge < -0.3 is 14.8 Å². The topological polar surface area (TPSA) is 37.3 Å². The summed E-state index contributed by atoms with van der Waals surface area (Å²) in [5.41, 5.74) is 3.77. The molecule has 1 N–H and O–H groups in total. The first-order chi connectivity index (χ1) is 16.2. The number of alkyl halides is 3. The molecule has 182 valence electrons. The lowest BCUT2D eigenvalue weighted by Gasteiger charge is -2.24. The van der Waals surface area contributed by atoms with Crippen LogP contribution in [0.2, 0.25) is 0 Å². The minimum atomic E-state index is -4.38. The third kappa shape index (κ3) is 6.89. The Balaban J connectivity index is 1.76. The zero-order chi connectivity index (χ0) is 24.7. The number of carbonyl (C=O) groups is 1. The molecule has 0 unspecified atom stereocenters. The molecule has 0 spiro atoms. The van der Waals surface area contributed by atoms with Crippen LogP contribution in [-0.4, -0.2) is 22.0 Å². The number of carbonyl (C=O) groups excluding carboxylic acids is 1. The Morgan fingerprint density at radius 2 is 1.79 bits per heavy atom. The predicted molar refractivity (Wildman–Crippen MR) is 130 cm³/mol. The maximum Gasteiger partial charge on any atom is 0.416 e. The molecular formula is C27H32F3N3O. The third-order valence-corrected chi connectivity index (χ3v) is 5.96. The number of hydrogen-bond acceptors (Lipinski definition) is 1. The van der Waals surface area contributed by atoms with Crippen molar-refractivity contribution in [3.05, 3.63) is 88.7 Å². The van der Waals surface area contributed by atoms with Gasteiger partial charge in [0.25, 0.3) is 0 Å². The second-order valence-corrected chi connectivity index (χ2v) is 8.68. The van der Waals surface area contributed by atoms with Crippen LogP contribution in [-0.2, 0) is 19.3 Å². The van der Waals surface area contributed by atoms with E-state index in [9.17, 15) is 18.0 Å². The number of hydrogen-bond donors (Lipinski definition) is 1. The first kappa shape index (κ1) is 25.4. The van der Waals surface area contributed by atoms with Crippen LogP contribution in [0.4, 0.5) is 23.7 Å². The Morgan fingerprint density at radius 3 is 2.50 bits per heavy atom. The monoisotopic (exact) mass is 471 g/mol. The number of halogens is 3. The van der Waals surface area contributed by atoms with Gasteiger partial charge in [0.1, 0.15) is 0 Å². The highest BCUT2D eigenvalue weighted by atomic mass is 19.4. The molecule has 0 atom stereocenters. The molecule has 34 heavy (non-hydrogen) atoms. The fourth-order valence-corrected chi connectivity index (χ4v) is 3.81. The van der Waals surface area contributed by atoms with Crippen molar-refractivity contribution in [2.75, 3.05) is 11.9 Å². The molecule has 0 saturated heterocycles. The van der Waals surface area contributed by atoms with Crippen molar-refractivity contribution >= 4 is 11.7 Å². The fraction of sp³-hybridized carbons (Fsp3) is 0.370. The van der Waals surface area contributed by atoms with Gasteiger partial charge in [0.05, 0.1) is 12.1 Å². The van der Waals surface area contributed by atoms with E-state index in [2.05, 4.69) is 12.2 Å². The Kier molecular flexibility index (Phi) is 8.42. The summed E-state index contributed by atoms with van der Waals surface area (Å²) in [7, 11) is 0. The molecule has 1 heterocycles. The van der Waals surface area contributed by atoms with Crippen molar-refractivity contribution < 1.29 is 18.0 Å². The van der Waals surface area contributed by atoms with E-state index < -0.39 is 11.7 Å². The summed E-state index contributed by atoms with van der Waals surface area (Å²) in [5.74, 6) is 0. The molecule has 0 radical (unpaired) electrons. The largest absolute Gasteiger partial charge is 0.416 e. The SMILES string of the molecule is CCCCCN(Cc1cccn1Cc1cccc(C(F)(F)F)c1)C(=O)Nc1ccc(C)c(C)c1. The lowest BCUT2D eigenvalue weighted by molar-refractivity contribution is -0.137. The predicted octanol–water partition coefficient (Wildman–Crippen LogP) is 7.40. The lowest BCUT2D eigenvalue weighted by Crippen LogP contribution is -2.36. The maximum atomic E-state index is 13.1. The van der Waals surface area contributed by atoms with Crippen molar-refractivity contribution in [2.24, 2.45) is 0 Å². The third-order valence-electron chi connectivity index (χ3n) is 5.96. The molecule has 0 aliphatic heterocycles. The van der Waals surface area contributed by atoms with Gasteiger partial charge in [-0.2, -0.15) is 13.2 Å². The standard InChI is InChI=1S/C27H32F3N3O/c1-4-5-6-14-33(26(34)31-24-13-12-20(2)21(3)16-24)19-25-11-8-15-32(25)18-22-9-7-10-23(17-22)27(28,29)30/h7-13,15-17H,4-6,14,18-19H2,1-3H3,(H,31,34). The van der Waals surface area contributed by atoms with E-state index in [4.69, 9.17) is 0 Å². The van der Waals surface area contributed by atoms with Gasteiger partial charge in [-0.15, -0.1) is 0 Å². The molecule has 0 aliphatic rings. The van der Waals surface area contributed by atoms with E-state index in [0.717, 1.165) is 47.8 Å². The van der Waals surface area contributed by atoms with E-state index in [1.54, 1.807) is 11.0 Å². The number of benzene rings is 2. The number of aryl methyl sites for hydroxylation is 2. The molecule has 3 aromatic rings. The van der Waals surface area contributed by atoms with Gasteiger partial charge in [-0.05, 0) is 73.4 Å². The zero-order valence-corrected chi connectivity index (χ0v) is 20.0. The minimum Gasteiger partial charge on any atom is -0.345 e. The summed E-state index contributed by atoms with van der Waals surface area (Å²) in [6.07, 6.45) is 0.390. The van der Waals surface area contributed by atoms with Gasteiger partial charge >= 0.3 is 12.2 Å². The van der Waals surface area contributed by atoms with Crippen molar-refractivity contribution in [3.63, 3.8) is 0 Å². The molecule has 0 bridgehead atoms. The highest BCUT2D eigenvalue weighted by Gasteiger charge is 2.30. The summed E-state index contributed by atoms with van der Waals surface area (Å²) in [4.78, 5) is 14.9. The van der Waals surface area contributed by atoms with Crippen molar-refractivity contribution in [1.29, 1.82) is 0 Å². The molecule has 2 amide bonds. The second-order valence-electron chi connectivity index (χ2n) is 8.68. The van der Waals surface area contributed by atoms with E-state index in [1.165, 1.54) is 12.1 Å². The van der Waals surface area contributed by atoms with Gasteiger partial charge in [0.2, 0.25) is 0 Å². The molecule has 0 saturated carbocycles. The van der Waals surface area contributed by atoms with Crippen LogP contribution in [0.15, 0.2) is 60.8 Å². The Hall–Kier alpha value is -3.22. The summed E-state index contributed by atoms with van der Waals surface area (Å²) < 4.78 is 41.2. The van der Waals surface area contributed by atoms with Crippen LogP contribution in [0.1, 0.15) is 54.1 Å². The van der Waals surface area contributed by atoms with Gasteiger partial charge in [0.15, 0.2) is 0 Å². The van der Waals surface area contributed by atoms with Gasteiger partial charge in [-0.1, -0.05) is 38.0 Å². The average Bonchev–Trinajstić information content (AvgIpc) is 3.21. The van der Waals surface area contributed by atoms with Crippen LogP contribution >= 0.6 is 0 Å². The first-order valence-corrected chi connectivity index (χ1v) is 11.6. The smallest absolute Gasteiger partial charge is 0.345 e. The molecule has 3 rings (SSSR count). The normalized spacial score (nSPS) is 11.5. The number of amides is 2. The van der Waals surface area contributed by atoms with E-state index in [0.29, 0.717) is 25.2 Å². The van der Waals surface area contributed by atoms with Gasteiger partial charge in [-0.25, -0.2) is 4.79 Å². The van der Waals surface area contributed by atoms with Crippen LogP contribution in [0, 0.1) is 13.8 Å². The van der Waals surface area contributed by atoms with E-state index in [-0.39, 0.29) is 6.03 Å². The van der Waals surface area contributed by atoms with Crippen LogP contribution in [0.5, 0.6) is 0 Å². The minimum absolute atomic E-state index is 0.189. The molecule has 0 fully saturated rings. The van der Waals surface area contributed by atoms with Crippen LogP contribution < -0.4 is 5.32 Å². The first-order valence-electron chi connectivity index (χ1n) is 11.6. The van der Waals surface area contributed by atoms with Crippen molar-refractivity contribution in [3.8, 4) is 0 Å². The lowest BCUT2D eigenvalue weighted by atomic mass is 10.1. The second kappa shape index (κ2) is 11.3. The number of nitrogens with zero attached hydrogens (tertiary/aromatic N) is 2. The number of anilines is 1. The van der Waals surface area contributed by atoms with Crippen molar-refractivity contribution in [1.82, 2.24) is 9.47 Å². The Morgan fingerprint density at radius 1 is 1.00 bits per heavy atom. The van der Waals surface area contributed by atoms with Gasteiger partial charge in [0, 0.05) is 30.7 Å². The number of unbranched alkanes of at least 4 members (excludes halogenated alkanes) is 2. The highest BCUT2D eigenvalue weighted by Crippen LogP contribution is 2.29. The van der Waals surface area contributed by atoms with Gasteiger partial charge in [-0.3, -0.25) is 0 Å². The molecule has 0 aliphatic carbocycles. The Labute approximate surface area is 199 Å². The zero-order valence-electron chi connectivity index (χ0n) is 20.0. The van der Waals surface area contributed by atoms with Crippen LogP contribution in [0.3, 0.4) is 0 Å². The average molecular weight is 472 g/mol. The number of nitrogens with one attached hydrogen (secondary N) is 1. The molecule has 4 nitrogen and oxygen atoms in total. The van der Waals surface area contributed by atoms with E-state index in [1.807, 2.05) is 54.9 Å². The number of urea groups is 1. The quantitative estimate of drug-likeness (QED) is 0.325. The van der Waals surface area contributed by atoms with E-state index >= 15 is 0 Å². The molecule has 1 aromatic heterocycles. The summed E-state index contributed by atoms with van der Waals surface area (Å²) >= 11 is 0. The number of aromatic nitrogens is 1. The maximum absolute atomic E-state index is 13.1. The van der Waals surface area contributed by atoms with Crippen LogP contribution in [0.25, 0.3) is 0 Å². The Bertz CT molecular complexity index is 1100. The molecule has 7 heteroatoms. The number of rotatable bonds is 9. The van der Waals surface area contributed by atoms with Crippen molar-refractivity contribution in [2.45, 2.75) is 59.3 Å².